The third kappa shape index (κ3) is 11.9. The van der Waals surface area contributed by atoms with E-state index in [2.05, 4.69) is 5.32 Å². The minimum absolute atomic E-state index is 0.0748. The average molecular weight is 460 g/mol. The zero-order valence-corrected chi connectivity index (χ0v) is 19.0. The smallest absolute Gasteiger partial charge is 0.407 e. The van der Waals surface area contributed by atoms with Crippen LogP contribution in [0.1, 0.15) is 36.8 Å². The highest BCUT2D eigenvalue weighted by molar-refractivity contribution is 5.69. The molecule has 2 rings (SSSR count). The Morgan fingerprint density at radius 1 is 0.879 bits per heavy atom. The van der Waals surface area contributed by atoms with Gasteiger partial charge in [-0.25, -0.2) is 4.79 Å². The highest BCUT2D eigenvalue weighted by atomic mass is 16.6. The normalized spacial score (nSPS) is 11.5. The van der Waals surface area contributed by atoms with Gasteiger partial charge in [-0.1, -0.05) is 48.9 Å². The number of hydrogen-bond acceptors (Lipinski definition) is 7. The molecular weight excluding hydrogens is 426 g/mol. The van der Waals surface area contributed by atoms with Crippen molar-refractivity contribution in [2.24, 2.45) is 0 Å². The van der Waals surface area contributed by atoms with Crippen LogP contribution in [0.3, 0.4) is 0 Å². The fourth-order valence-corrected chi connectivity index (χ4v) is 2.88. The molecule has 8 nitrogen and oxygen atoms in total. The van der Waals surface area contributed by atoms with Crippen molar-refractivity contribution in [3.63, 3.8) is 0 Å². The van der Waals surface area contributed by atoms with Crippen LogP contribution in [0.2, 0.25) is 0 Å². The summed E-state index contributed by atoms with van der Waals surface area (Å²) in [6.07, 6.45) is 1.07. The van der Waals surface area contributed by atoms with Gasteiger partial charge >= 0.3 is 12.1 Å². The maximum Gasteiger partial charge on any atom is 0.407 e. The van der Waals surface area contributed by atoms with Gasteiger partial charge in [0.2, 0.25) is 0 Å². The number of esters is 1. The first kappa shape index (κ1) is 26.2. The highest BCUT2D eigenvalue weighted by Crippen LogP contribution is 2.12. The summed E-state index contributed by atoms with van der Waals surface area (Å²) in [4.78, 5) is 23.4. The van der Waals surface area contributed by atoms with Gasteiger partial charge in [-0.3, -0.25) is 4.79 Å². The molecular formula is C25H33NO7. The number of alkyl carbamates (subject to hydrolysis) is 1. The fourth-order valence-electron chi connectivity index (χ4n) is 2.88. The van der Waals surface area contributed by atoms with Gasteiger partial charge in [0, 0.05) is 13.0 Å². The van der Waals surface area contributed by atoms with E-state index in [1.54, 1.807) is 7.11 Å². The number of amides is 1. The second-order valence-electron chi connectivity index (χ2n) is 7.50. The van der Waals surface area contributed by atoms with Crippen molar-refractivity contribution in [2.45, 2.75) is 45.0 Å². The lowest BCUT2D eigenvalue weighted by Gasteiger charge is -2.12. The number of rotatable bonds is 15. The summed E-state index contributed by atoms with van der Waals surface area (Å²) in [5.41, 5.74) is 1.89. The van der Waals surface area contributed by atoms with Gasteiger partial charge in [0.15, 0.2) is 0 Å². The van der Waals surface area contributed by atoms with Crippen molar-refractivity contribution in [3.8, 4) is 5.75 Å². The predicted molar refractivity (Wildman–Crippen MR) is 123 cm³/mol. The number of benzene rings is 2. The molecule has 2 aromatic carbocycles. The molecule has 0 aliphatic heterocycles. The van der Waals surface area contributed by atoms with Crippen LogP contribution in [-0.4, -0.2) is 50.1 Å². The van der Waals surface area contributed by atoms with Crippen LogP contribution < -0.4 is 10.1 Å². The van der Waals surface area contributed by atoms with Crippen molar-refractivity contribution in [3.05, 3.63) is 65.7 Å². The molecule has 0 aromatic heterocycles. The summed E-state index contributed by atoms with van der Waals surface area (Å²) in [7, 11) is 1.60. The topological polar surface area (TPSA) is 103 Å². The average Bonchev–Trinajstić information content (AvgIpc) is 2.84. The number of ether oxygens (including phenoxy) is 4. The van der Waals surface area contributed by atoms with Crippen molar-refractivity contribution < 1.29 is 33.6 Å². The molecule has 33 heavy (non-hydrogen) atoms. The maximum absolute atomic E-state index is 11.8. The monoisotopic (exact) mass is 459 g/mol. The lowest BCUT2D eigenvalue weighted by atomic mass is 10.2. The number of unbranched alkanes of at least 4 members (excludes halogenated alkanes) is 2. The molecule has 2 aromatic rings. The number of aliphatic hydroxyl groups is 1. The summed E-state index contributed by atoms with van der Waals surface area (Å²) in [6, 6.07) is 16.9. The van der Waals surface area contributed by atoms with Gasteiger partial charge in [0.05, 0.1) is 20.3 Å². The van der Waals surface area contributed by atoms with E-state index >= 15 is 0 Å². The van der Waals surface area contributed by atoms with E-state index in [0.717, 1.165) is 29.7 Å². The van der Waals surface area contributed by atoms with Crippen LogP contribution in [0, 0.1) is 0 Å². The quantitative estimate of drug-likeness (QED) is 0.310. The number of nitrogens with one attached hydrogen (secondary N) is 1. The fraction of sp³-hybridized carbons (Fsp3) is 0.440. The van der Waals surface area contributed by atoms with Crippen molar-refractivity contribution in [2.75, 3.05) is 26.9 Å². The molecule has 1 amide bonds. The standard InChI is InChI=1S/C25H33NO7/c1-30-23-13-11-21(12-14-23)16-31-18-22(27)19-32-24(28)10-6-3-7-15-26-25(29)33-17-20-8-4-2-5-9-20/h2,4-5,8-9,11-14,22,27H,3,6-7,10,15-19H2,1H3,(H,26,29). The summed E-state index contributed by atoms with van der Waals surface area (Å²) >= 11 is 0. The third-order valence-electron chi connectivity index (χ3n) is 4.71. The first-order valence-electron chi connectivity index (χ1n) is 11.1. The predicted octanol–water partition coefficient (Wildman–Crippen LogP) is 3.60. The molecule has 2 N–H and O–H groups in total. The molecule has 180 valence electrons. The molecule has 0 spiro atoms. The molecule has 0 aliphatic rings. The lowest BCUT2D eigenvalue weighted by molar-refractivity contribution is -0.148. The maximum atomic E-state index is 11.8. The Morgan fingerprint density at radius 3 is 2.33 bits per heavy atom. The summed E-state index contributed by atoms with van der Waals surface area (Å²) < 4.78 is 20.7. The number of methoxy groups -OCH3 is 1. The third-order valence-corrected chi connectivity index (χ3v) is 4.71. The van der Waals surface area contributed by atoms with Gasteiger partial charge in [0.1, 0.15) is 25.1 Å². The first-order chi connectivity index (χ1) is 16.1. The zero-order chi connectivity index (χ0) is 23.7. The molecule has 0 saturated carbocycles. The minimum Gasteiger partial charge on any atom is -0.497 e. The van der Waals surface area contributed by atoms with Gasteiger partial charge in [-0.2, -0.15) is 0 Å². The molecule has 1 unspecified atom stereocenters. The van der Waals surface area contributed by atoms with E-state index in [9.17, 15) is 14.7 Å². The Balaban J connectivity index is 1.42. The van der Waals surface area contributed by atoms with E-state index in [-0.39, 0.29) is 32.2 Å². The van der Waals surface area contributed by atoms with Gasteiger partial charge in [0.25, 0.3) is 0 Å². The van der Waals surface area contributed by atoms with Crippen LogP contribution in [0.25, 0.3) is 0 Å². The molecule has 0 aliphatic carbocycles. The molecule has 0 fully saturated rings. The Morgan fingerprint density at radius 2 is 1.61 bits per heavy atom. The van der Waals surface area contributed by atoms with E-state index < -0.39 is 12.2 Å². The van der Waals surface area contributed by atoms with Gasteiger partial charge in [-0.05, 0) is 36.1 Å². The Bertz CT molecular complexity index is 811. The molecule has 8 heteroatoms. The van der Waals surface area contributed by atoms with Crippen molar-refractivity contribution in [1.82, 2.24) is 5.32 Å². The highest BCUT2D eigenvalue weighted by Gasteiger charge is 2.09. The van der Waals surface area contributed by atoms with Crippen LogP contribution >= 0.6 is 0 Å². The van der Waals surface area contributed by atoms with Gasteiger partial charge < -0.3 is 29.4 Å². The van der Waals surface area contributed by atoms with E-state index in [1.807, 2.05) is 54.6 Å². The lowest BCUT2D eigenvalue weighted by Crippen LogP contribution is -2.25. The Kier molecular flexibility index (Phi) is 12.4. The zero-order valence-electron chi connectivity index (χ0n) is 19.0. The second-order valence-corrected chi connectivity index (χ2v) is 7.50. The number of carbonyl (C=O) groups excluding carboxylic acids is 2. The Hall–Kier alpha value is -3.10. The van der Waals surface area contributed by atoms with E-state index in [1.165, 1.54) is 0 Å². The van der Waals surface area contributed by atoms with Crippen molar-refractivity contribution in [1.29, 1.82) is 0 Å². The van der Waals surface area contributed by atoms with Crippen LogP contribution in [-0.2, 0) is 32.2 Å². The molecule has 0 radical (unpaired) electrons. The minimum atomic E-state index is -0.877. The summed E-state index contributed by atoms with van der Waals surface area (Å²) in [5.74, 6) is 0.405. The SMILES string of the molecule is COc1ccc(COCC(O)COC(=O)CCCCCNC(=O)OCc2ccccc2)cc1. The number of carbonyl (C=O) groups is 2. The van der Waals surface area contributed by atoms with Crippen LogP contribution in [0.4, 0.5) is 4.79 Å². The van der Waals surface area contributed by atoms with E-state index in [0.29, 0.717) is 19.6 Å². The summed E-state index contributed by atoms with van der Waals surface area (Å²) in [5, 5.41) is 12.6. The van der Waals surface area contributed by atoms with Gasteiger partial charge in [-0.15, -0.1) is 0 Å². The molecule has 0 bridgehead atoms. The van der Waals surface area contributed by atoms with Crippen LogP contribution in [0.5, 0.6) is 5.75 Å². The summed E-state index contributed by atoms with van der Waals surface area (Å²) in [6.45, 7) is 1.04. The number of hydrogen-bond donors (Lipinski definition) is 2. The second kappa shape index (κ2) is 15.7. The largest absolute Gasteiger partial charge is 0.497 e. The Labute approximate surface area is 194 Å². The molecule has 1 atom stereocenters. The molecule has 0 heterocycles. The van der Waals surface area contributed by atoms with E-state index in [4.69, 9.17) is 18.9 Å². The van der Waals surface area contributed by atoms with Crippen LogP contribution in [0.15, 0.2) is 54.6 Å². The molecule has 0 saturated heterocycles. The van der Waals surface area contributed by atoms with Crippen molar-refractivity contribution >= 4 is 12.1 Å². The first-order valence-corrected chi connectivity index (χ1v) is 11.1. The number of aliphatic hydroxyl groups excluding tert-OH is 1.